The normalized spacial score (nSPS) is 35.9. The van der Waals surface area contributed by atoms with E-state index in [2.05, 4.69) is 29.0 Å². The summed E-state index contributed by atoms with van der Waals surface area (Å²) < 4.78 is 11.3. The number of methoxy groups -OCH3 is 1. The second-order valence-corrected chi connectivity index (χ2v) is 6.91. The molecule has 1 unspecified atom stereocenters. The minimum absolute atomic E-state index is 0.124. The van der Waals surface area contributed by atoms with Crippen LogP contribution in [0, 0.1) is 0 Å². The number of piperidine rings is 1. The van der Waals surface area contributed by atoms with Gasteiger partial charge >= 0.3 is 0 Å². The first kappa shape index (κ1) is 14.5. The van der Waals surface area contributed by atoms with Crippen LogP contribution in [0.15, 0.2) is 24.3 Å². The van der Waals surface area contributed by atoms with Gasteiger partial charge in [0, 0.05) is 24.7 Å². The highest BCUT2D eigenvalue weighted by molar-refractivity contribution is 5.28. The third kappa shape index (κ3) is 2.43. The lowest BCUT2D eigenvalue weighted by Gasteiger charge is -2.41. The first-order valence-electron chi connectivity index (χ1n) is 8.49. The van der Waals surface area contributed by atoms with E-state index >= 15 is 0 Å². The Kier molecular flexibility index (Phi) is 3.84. The summed E-state index contributed by atoms with van der Waals surface area (Å²) in [5, 5.41) is 0. The number of nitrogens with zero attached hydrogens (tertiary/aromatic N) is 2. The Morgan fingerprint density at radius 3 is 2.36 bits per heavy atom. The molecule has 0 aliphatic carbocycles. The minimum atomic E-state index is 0.124. The van der Waals surface area contributed by atoms with Crippen molar-refractivity contribution in [2.24, 2.45) is 0 Å². The van der Waals surface area contributed by atoms with Crippen LogP contribution in [0.3, 0.4) is 0 Å². The maximum atomic E-state index is 6.07. The summed E-state index contributed by atoms with van der Waals surface area (Å²) in [6, 6.07) is 10.6. The van der Waals surface area contributed by atoms with Crippen LogP contribution in [0.25, 0.3) is 0 Å². The Hall–Kier alpha value is -1.10. The lowest BCUT2D eigenvalue weighted by atomic mass is 9.96. The summed E-state index contributed by atoms with van der Waals surface area (Å²) in [6.07, 6.45) is 5.46. The lowest BCUT2D eigenvalue weighted by Crippen LogP contribution is -2.48. The zero-order valence-electron chi connectivity index (χ0n) is 13.6. The van der Waals surface area contributed by atoms with E-state index in [9.17, 15) is 0 Å². The first-order valence-corrected chi connectivity index (χ1v) is 8.49. The number of hydrogen-bond acceptors (Lipinski definition) is 4. The Labute approximate surface area is 133 Å². The van der Waals surface area contributed by atoms with Gasteiger partial charge in [0.05, 0.1) is 13.7 Å². The first-order chi connectivity index (χ1) is 10.8. The molecular formula is C18H26N2O2. The quantitative estimate of drug-likeness (QED) is 0.857. The van der Waals surface area contributed by atoms with Crippen molar-refractivity contribution in [1.82, 2.24) is 9.80 Å². The van der Waals surface area contributed by atoms with E-state index in [1.165, 1.54) is 31.2 Å². The van der Waals surface area contributed by atoms with Crippen LogP contribution < -0.4 is 4.74 Å². The fourth-order valence-corrected chi connectivity index (χ4v) is 4.57. The average Bonchev–Trinajstić information content (AvgIpc) is 3.09. The molecule has 1 aromatic carbocycles. The second kappa shape index (κ2) is 5.84. The Morgan fingerprint density at radius 2 is 1.73 bits per heavy atom. The molecule has 0 amide bonds. The maximum Gasteiger partial charge on any atom is 0.137 e. The smallest absolute Gasteiger partial charge is 0.137 e. The van der Waals surface area contributed by atoms with Crippen molar-refractivity contribution in [2.45, 2.75) is 50.0 Å². The van der Waals surface area contributed by atoms with Gasteiger partial charge in [-0.05, 0) is 50.4 Å². The van der Waals surface area contributed by atoms with Crippen molar-refractivity contribution >= 4 is 0 Å². The standard InChI is InChI=1S/C18H26N2O2/c1-19-14-5-6-15(19)12-16(11-14)20-9-10-22-18(20)13-3-7-17(21-2)8-4-13/h3-4,7-8,14-16,18H,5-6,9-12H2,1-2H3/t14-,15+,16?,18-/m0/s1. The van der Waals surface area contributed by atoms with Gasteiger partial charge in [0.15, 0.2) is 0 Å². The van der Waals surface area contributed by atoms with Crippen LogP contribution in [0.4, 0.5) is 0 Å². The van der Waals surface area contributed by atoms with Crippen LogP contribution in [-0.2, 0) is 4.74 Å². The minimum Gasteiger partial charge on any atom is -0.497 e. The van der Waals surface area contributed by atoms with Gasteiger partial charge in [0.25, 0.3) is 0 Å². The highest BCUT2D eigenvalue weighted by Crippen LogP contribution is 2.40. The van der Waals surface area contributed by atoms with Crippen molar-refractivity contribution in [3.8, 4) is 5.75 Å². The van der Waals surface area contributed by atoms with Gasteiger partial charge in [-0.2, -0.15) is 0 Å². The molecule has 2 bridgehead atoms. The molecule has 4 atom stereocenters. The summed E-state index contributed by atoms with van der Waals surface area (Å²) in [5.41, 5.74) is 1.25. The fourth-order valence-electron chi connectivity index (χ4n) is 4.57. The molecule has 3 fully saturated rings. The van der Waals surface area contributed by atoms with Crippen molar-refractivity contribution in [3.63, 3.8) is 0 Å². The maximum absolute atomic E-state index is 6.07. The van der Waals surface area contributed by atoms with E-state index in [1.54, 1.807) is 7.11 Å². The van der Waals surface area contributed by atoms with Crippen molar-refractivity contribution in [2.75, 3.05) is 27.3 Å². The molecule has 22 heavy (non-hydrogen) atoms. The molecule has 3 aliphatic heterocycles. The fraction of sp³-hybridized carbons (Fsp3) is 0.667. The Morgan fingerprint density at radius 1 is 1.05 bits per heavy atom. The summed E-state index contributed by atoms with van der Waals surface area (Å²) in [5.74, 6) is 0.908. The van der Waals surface area contributed by atoms with E-state index in [0.717, 1.165) is 31.0 Å². The molecule has 0 spiro atoms. The number of fused-ring (bicyclic) bond motifs is 2. The number of ether oxygens (including phenoxy) is 2. The second-order valence-electron chi connectivity index (χ2n) is 6.91. The van der Waals surface area contributed by atoms with E-state index in [-0.39, 0.29) is 6.23 Å². The van der Waals surface area contributed by atoms with Crippen molar-refractivity contribution in [3.05, 3.63) is 29.8 Å². The van der Waals surface area contributed by atoms with E-state index < -0.39 is 0 Å². The highest BCUT2D eigenvalue weighted by Gasteiger charge is 2.43. The molecular weight excluding hydrogens is 276 g/mol. The SMILES string of the molecule is COc1ccc([C@@H]2OCCN2C2C[C@H]3CC[C@@H](C2)N3C)cc1. The zero-order valence-corrected chi connectivity index (χ0v) is 13.6. The topological polar surface area (TPSA) is 24.9 Å². The summed E-state index contributed by atoms with van der Waals surface area (Å²) >= 11 is 0. The summed E-state index contributed by atoms with van der Waals surface area (Å²) in [7, 11) is 4.02. The monoisotopic (exact) mass is 302 g/mol. The molecule has 3 aliphatic rings. The molecule has 1 aromatic rings. The molecule has 0 N–H and O–H groups in total. The lowest BCUT2D eigenvalue weighted by molar-refractivity contribution is -0.0145. The van der Waals surface area contributed by atoms with Crippen LogP contribution in [0.5, 0.6) is 5.75 Å². The number of rotatable bonds is 3. The van der Waals surface area contributed by atoms with Gasteiger partial charge in [0.1, 0.15) is 12.0 Å². The number of benzene rings is 1. The van der Waals surface area contributed by atoms with Crippen LogP contribution in [0.2, 0.25) is 0 Å². The molecule has 0 saturated carbocycles. The largest absolute Gasteiger partial charge is 0.497 e. The molecule has 4 heteroatoms. The molecule has 120 valence electrons. The summed E-state index contributed by atoms with van der Waals surface area (Å²) in [6.45, 7) is 1.91. The van der Waals surface area contributed by atoms with Gasteiger partial charge in [-0.25, -0.2) is 0 Å². The van der Waals surface area contributed by atoms with Crippen LogP contribution >= 0.6 is 0 Å². The predicted octanol–water partition coefficient (Wildman–Crippen LogP) is 2.65. The van der Waals surface area contributed by atoms with E-state index in [1.807, 2.05) is 12.1 Å². The third-order valence-electron chi connectivity index (χ3n) is 5.87. The van der Waals surface area contributed by atoms with Gasteiger partial charge in [-0.15, -0.1) is 0 Å². The van der Waals surface area contributed by atoms with Gasteiger partial charge < -0.3 is 14.4 Å². The van der Waals surface area contributed by atoms with E-state index in [0.29, 0.717) is 6.04 Å². The average molecular weight is 302 g/mol. The Bertz CT molecular complexity index is 504. The molecule has 4 rings (SSSR count). The molecule has 3 heterocycles. The molecule has 0 radical (unpaired) electrons. The van der Waals surface area contributed by atoms with E-state index in [4.69, 9.17) is 9.47 Å². The Balaban J connectivity index is 1.51. The summed E-state index contributed by atoms with van der Waals surface area (Å²) in [4.78, 5) is 5.20. The van der Waals surface area contributed by atoms with Gasteiger partial charge in [0.2, 0.25) is 0 Å². The molecule has 0 aromatic heterocycles. The molecule has 4 nitrogen and oxygen atoms in total. The van der Waals surface area contributed by atoms with Gasteiger partial charge in [-0.3, -0.25) is 4.90 Å². The molecule has 3 saturated heterocycles. The zero-order chi connectivity index (χ0) is 15.1. The third-order valence-corrected chi connectivity index (χ3v) is 5.87. The highest BCUT2D eigenvalue weighted by atomic mass is 16.5. The van der Waals surface area contributed by atoms with Crippen molar-refractivity contribution < 1.29 is 9.47 Å². The number of hydrogen-bond donors (Lipinski definition) is 0. The van der Waals surface area contributed by atoms with Crippen LogP contribution in [0.1, 0.15) is 37.5 Å². The van der Waals surface area contributed by atoms with Gasteiger partial charge in [-0.1, -0.05) is 12.1 Å². The van der Waals surface area contributed by atoms with Crippen LogP contribution in [-0.4, -0.2) is 55.2 Å². The predicted molar refractivity (Wildman–Crippen MR) is 86.0 cm³/mol. The van der Waals surface area contributed by atoms with Crippen molar-refractivity contribution in [1.29, 1.82) is 0 Å².